The second-order valence-electron chi connectivity index (χ2n) is 4.11. The van der Waals surface area contributed by atoms with Gasteiger partial charge in [-0.1, -0.05) is 34.1 Å². The molecule has 0 bridgehead atoms. The SMILES string of the molecule is CSC(CO)C(C)NC(=O)/C=C/c1ccccc1Br. The van der Waals surface area contributed by atoms with E-state index in [1.807, 2.05) is 37.4 Å². The van der Waals surface area contributed by atoms with Crippen LogP contribution in [-0.4, -0.2) is 35.2 Å². The van der Waals surface area contributed by atoms with Gasteiger partial charge in [0.2, 0.25) is 5.91 Å². The number of aliphatic hydroxyl groups is 1. The molecule has 0 saturated carbocycles. The number of halogens is 1. The Morgan fingerprint density at radius 1 is 1.53 bits per heavy atom. The summed E-state index contributed by atoms with van der Waals surface area (Å²) in [6.45, 7) is 1.94. The first-order valence-corrected chi connectivity index (χ1v) is 8.03. The summed E-state index contributed by atoms with van der Waals surface area (Å²) < 4.78 is 0.949. The van der Waals surface area contributed by atoms with Crippen LogP contribution in [0.1, 0.15) is 12.5 Å². The van der Waals surface area contributed by atoms with Gasteiger partial charge in [-0.15, -0.1) is 0 Å². The van der Waals surface area contributed by atoms with Crippen LogP contribution in [0.3, 0.4) is 0 Å². The van der Waals surface area contributed by atoms with Crippen LogP contribution in [-0.2, 0) is 4.79 Å². The lowest BCUT2D eigenvalue weighted by molar-refractivity contribution is -0.117. The number of nitrogens with one attached hydrogen (secondary N) is 1. The normalized spacial score (nSPS) is 14.3. The van der Waals surface area contributed by atoms with E-state index in [0.717, 1.165) is 10.0 Å². The zero-order chi connectivity index (χ0) is 14.3. The van der Waals surface area contributed by atoms with Crippen molar-refractivity contribution >= 4 is 39.7 Å². The van der Waals surface area contributed by atoms with Crippen LogP contribution in [0.4, 0.5) is 0 Å². The molecule has 0 saturated heterocycles. The summed E-state index contributed by atoms with van der Waals surface area (Å²) in [6, 6.07) is 7.62. The second-order valence-corrected chi connectivity index (χ2v) is 6.04. The number of carbonyl (C=O) groups excluding carboxylic acids is 1. The molecule has 1 aromatic carbocycles. The molecule has 1 aromatic rings. The minimum atomic E-state index is -0.157. The Labute approximate surface area is 126 Å². The van der Waals surface area contributed by atoms with Gasteiger partial charge in [-0.05, 0) is 30.9 Å². The minimum absolute atomic E-state index is 0.0146. The lowest BCUT2D eigenvalue weighted by Crippen LogP contribution is -2.40. The van der Waals surface area contributed by atoms with Crippen molar-refractivity contribution in [2.75, 3.05) is 12.9 Å². The molecule has 2 unspecified atom stereocenters. The predicted octanol–water partition coefficient (Wildman–Crippen LogP) is 2.69. The number of benzene rings is 1. The summed E-state index contributed by atoms with van der Waals surface area (Å²) in [5, 5.41) is 12.0. The fourth-order valence-electron chi connectivity index (χ4n) is 1.58. The van der Waals surface area contributed by atoms with Gasteiger partial charge in [0.05, 0.1) is 6.61 Å². The van der Waals surface area contributed by atoms with Gasteiger partial charge in [0, 0.05) is 21.8 Å². The van der Waals surface area contributed by atoms with Gasteiger partial charge >= 0.3 is 0 Å². The standard InChI is InChI=1S/C14H18BrNO2S/c1-10(13(9-17)19-2)16-14(18)8-7-11-5-3-4-6-12(11)15/h3-8,10,13,17H,9H2,1-2H3,(H,16,18)/b8-7+. The molecule has 0 aliphatic heterocycles. The molecular formula is C14H18BrNO2S. The lowest BCUT2D eigenvalue weighted by atomic mass is 10.2. The fourth-order valence-corrected chi connectivity index (χ4v) is 2.62. The Morgan fingerprint density at radius 3 is 2.79 bits per heavy atom. The van der Waals surface area contributed by atoms with Gasteiger partial charge in [-0.25, -0.2) is 0 Å². The van der Waals surface area contributed by atoms with Crippen molar-refractivity contribution in [2.45, 2.75) is 18.2 Å². The van der Waals surface area contributed by atoms with E-state index in [-0.39, 0.29) is 23.8 Å². The quantitative estimate of drug-likeness (QED) is 0.780. The lowest BCUT2D eigenvalue weighted by Gasteiger charge is -2.20. The van der Waals surface area contributed by atoms with E-state index >= 15 is 0 Å². The van der Waals surface area contributed by atoms with Gasteiger partial charge < -0.3 is 10.4 Å². The van der Waals surface area contributed by atoms with E-state index in [2.05, 4.69) is 21.2 Å². The molecule has 0 aliphatic carbocycles. The van der Waals surface area contributed by atoms with Gasteiger partial charge in [-0.2, -0.15) is 11.8 Å². The molecule has 3 nitrogen and oxygen atoms in total. The fraction of sp³-hybridized carbons (Fsp3) is 0.357. The van der Waals surface area contributed by atoms with Gasteiger partial charge in [0.25, 0.3) is 0 Å². The maximum Gasteiger partial charge on any atom is 0.244 e. The Bertz CT molecular complexity index is 447. The number of hydrogen-bond acceptors (Lipinski definition) is 3. The topological polar surface area (TPSA) is 49.3 Å². The number of hydrogen-bond donors (Lipinski definition) is 2. The van der Waals surface area contributed by atoms with E-state index in [1.165, 1.54) is 6.08 Å². The van der Waals surface area contributed by atoms with Crippen molar-refractivity contribution in [3.63, 3.8) is 0 Å². The molecule has 0 heterocycles. The summed E-state index contributed by atoms with van der Waals surface area (Å²) in [4.78, 5) is 11.8. The maximum atomic E-state index is 11.8. The molecule has 2 N–H and O–H groups in total. The average molecular weight is 344 g/mol. The summed E-state index contributed by atoms with van der Waals surface area (Å²) in [7, 11) is 0. The molecule has 0 aliphatic rings. The zero-order valence-corrected chi connectivity index (χ0v) is 13.4. The highest BCUT2D eigenvalue weighted by molar-refractivity contribution is 9.10. The van der Waals surface area contributed by atoms with Crippen molar-refractivity contribution in [1.82, 2.24) is 5.32 Å². The first-order chi connectivity index (χ1) is 9.08. The number of thioether (sulfide) groups is 1. The van der Waals surface area contributed by atoms with Crippen molar-refractivity contribution in [3.05, 3.63) is 40.4 Å². The molecule has 0 radical (unpaired) electrons. The minimum Gasteiger partial charge on any atom is -0.395 e. The van der Waals surface area contributed by atoms with Crippen molar-refractivity contribution in [1.29, 1.82) is 0 Å². The third kappa shape index (κ3) is 5.38. The summed E-state index contributed by atoms with van der Waals surface area (Å²) >= 11 is 4.96. The highest BCUT2D eigenvalue weighted by Gasteiger charge is 2.15. The molecule has 5 heteroatoms. The predicted molar refractivity (Wildman–Crippen MR) is 85.2 cm³/mol. The Kier molecular flexibility index (Phi) is 7.20. The van der Waals surface area contributed by atoms with E-state index in [4.69, 9.17) is 5.11 Å². The number of rotatable bonds is 6. The third-order valence-corrected chi connectivity index (χ3v) is 4.61. The third-order valence-electron chi connectivity index (χ3n) is 2.73. The zero-order valence-electron chi connectivity index (χ0n) is 11.0. The first-order valence-electron chi connectivity index (χ1n) is 5.95. The van der Waals surface area contributed by atoms with Crippen molar-refractivity contribution in [2.24, 2.45) is 0 Å². The van der Waals surface area contributed by atoms with Crippen molar-refractivity contribution < 1.29 is 9.90 Å². The monoisotopic (exact) mass is 343 g/mol. The van der Waals surface area contributed by atoms with Gasteiger partial charge in [0.15, 0.2) is 0 Å². The average Bonchev–Trinajstić information content (AvgIpc) is 2.39. The van der Waals surface area contributed by atoms with E-state index < -0.39 is 0 Å². The van der Waals surface area contributed by atoms with E-state index in [1.54, 1.807) is 17.8 Å². The summed E-state index contributed by atoms with van der Waals surface area (Å²) in [5.41, 5.74) is 0.953. The van der Waals surface area contributed by atoms with Gasteiger partial charge in [0.1, 0.15) is 0 Å². The maximum absolute atomic E-state index is 11.8. The van der Waals surface area contributed by atoms with Crippen LogP contribution in [0.25, 0.3) is 6.08 Å². The summed E-state index contributed by atoms with van der Waals surface area (Å²) in [6.07, 6.45) is 5.19. The van der Waals surface area contributed by atoms with Crippen LogP contribution in [0.2, 0.25) is 0 Å². The smallest absolute Gasteiger partial charge is 0.244 e. The van der Waals surface area contributed by atoms with E-state index in [0.29, 0.717) is 0 Å². The van der Waals surface area contributed by atoms with Crippen LogP contribution < -0.4 is 5.32 Å². The largest absolute Gasteiger partial charge is 0.395 e. The highest BCUT2D eigenvalue weighted by atomic mass is 79.9. The molecular weight excluding hydrogens is 326 g/mol. The van der Waals surface area contributed by atoms with Crippen LogP contribution in [0.5, 0.6) is 0 Å². The first kappa shape index (κ1) is 16.3. The highest BCUT2D eigenvalue weighted by Crippen LogP contribution is 2.17. The van der Waals surface area contributed by atoms with Crippen molar-refractivity contribution in [3.8, 4) is 0 Å². The van der Waals surface area contributed by atoms with Gasteiger partial charge in [-0.3, -0.25) is 4.79 Å². The molecule has 104 valence electrons. The van der Waals surface area contributed by atoms with Crippen LogP contribution in [0.15, 0.2) is 34.8 Å². The number of aliphatic hydroxyl groups excluding tert-OH is 1. The Morgan fingerprint density at radius 2 is 2.21 bits per heavy atom. The Hall–Kier alpha value is -0.780. The Balaban J connectivity index is 2.58. The van der Waals surface area contributed by atoms with E-state index in [9.17, 15) is 4.79 Å². The molecule has 1 rings (SSSR count). The second kappa shape index (κ2) is 8.40. The molecule has 1 amide bonds. The summed E-state index contributed by atoms with van der Waals surface area (Å²) in [5.74, 6) is -0.157. The molecule has 0 spiro atoms. The number of carbonyl (C=O) groups is 1. The number of amides is 1. The molecule has 0 fully saturated rings. The molecule has 0 aromatic heterocycles. The molecule has 2 atom stereocenters. The van der Waals surface area contributed by atoms with Crippen LogP contribution >= 0.6 is 27.7 Å². The molecule has 19 heavy (non-hydrogen) atoms. The van der Waals surface area contributed by atoms with Crippen LogP contribution in [0, 0.1) is 0 Å².